The fourth-order valence-electron chi connectivity index (χ4n) is 2.29. The third-order valence-corrected chi connectivity index (χ3v) is 5.62. The maximum Gasteiger partial charge on any atom is 0.218 e. The number of sulfonamides is 1. The van der Waals surface area contributed by atoms with Crippen LogP contribution in [0, 0.1) is 0 Å². The number of nitrogens with zero attached hydrogens (tertiary/aromatic N) is 1. The van der Waals surface area contributed by atoms with Gasteiger partial charge in [0.2, 0.25) is 10.0 Å². The van der Waals surface area contributed by atoms with Crippen molar-refractivity contribution < 1.29 is 13.5 Å². The summed E-state index contributed by atoms with van der Waals surface area (Å²) in [6.45, 7) is 1.54. The summed E-state index contributed by atoms with van der Waals surface area (Å²) in [5, 5.41) is 11.8. The molecule has 0 amide bonds. The third kappa shape index (κ3) is 3.54. The SMILES string of the molecule is O=S(=O)(C1CCNC1)N(CCO)Cc1ccccc1. The van der Waals surface area contributed by atoms with Gasteiger partial charge in [0.1, 0.15) is 0 Å². The molecule has 0 spiro atoms. The summed E-state index contributed by atoms with van der Waals surface area (Å²) in [5.41, 5.74) is 0.936. The highest BCUT2D eigenvalue weighted by Crippen LogP contribution is 2.17. The van der Waals surface area contributed by atoms with Crippen LogP contribution in [0.1, 0.15) is 12.0 Å². The second-order valence-electron chi connectivity index (χ2n) is 4.70. The lowest BCUT2D eigenvalue weighted by Crippen LogP contribution is -2.40. The molecule has 1 unspecified atom stereocenters. The van der Waals surface area contributed by atoms with E-state index in [1.807, 2.05) is 30.3 Å². The molecule has 2 N–H and O–H groups in total. The van der Waals surface area contributed by atoms with Gasteiger partial charge in [-0.1, -0.05) is 30.3 Å². The number of benzene rings is 1. The molecular formula is C13H20N2O3S. The lowest BCUT2D eigenvalue weighted by Gasteiger charge is -2.24. The van der Waals surface area contributed by atoms with Crippen LogP contribution in [-0.2, 0) is 16.6 Å². The zero-order chi connectivity index (χ0) is 13.7. The van der Waals surface area contributed by atoms with Gasteiger partial charge in [-0.2, -0.15) is 4.31 Å². The molecule has 1 heterocycles. The Morgan fingerprint density at radius 2 is 2.05 bits per heavy atom. The zero-order valence-corrected chi connectivity index (χ0v) is 11.6. The van der Waals surface area contributed by atoms with Gasteiger partial charge in [-0.15, -0.1) is 0 Å². The minimum atomic E-state index is -3.35. The summed E-state index contributed by atoms with van der Waals surface area (Å²) in [4.78, 5) is 0. The first-order valence-electron chi connectivity index (χ1n) is 6.49. The van der Waals surface area contributed by atoms with E-state index >= 15 is 0 Å². The second-order valence-corrected chi connectivity index (χ2v) is 6.92. The molecule has 0 aromatic heterocycles. The molecule has 2 rings (SSSR count). The van der Waals surface area contributed by atoms with Crippen LogP contribution in [0.5, 0.6) is 0 Å². The number of hydrogen-bond donors (Lipinski definition) is 2. The standard InChI is InChI=1S/C13H20N2O3S/c16-9-8-15(11-12-4-2-1-3-5-12)19(17,18)13-6-7-14-10-13/h1-5,13-14,16H,6-11H2. The van der Waals surface area contributed by atoms with Crippen molar-refractivity contribution in [2.24, 2.45) is 0 Å². The van der Waals surface area contributed by atoms with E-state index in [1.165, 1.54) is 4.31 Å². The Labute approximate surface area is 114 Å². The van der Waals surface area contributed by atoms with Crippen LogP contribution in [-0.4, -0.2) is 49.3 Å². The van der Waals surface area contributed by atoms with Crippen LogP contribution < -0.4 is 5.32 Å². The largest absolute Gasteiger partial charge is 0.395 e. The molecule has 1 atom stereocenters. The van der Waals surface area contributed by atoms with Gasteiger partial charge in [0.25, 0.3) is 0 Å². The van der Waals surface area contributed by atoms with E-state index in [0.29, 0.717) is 19.5 Å². The highest BCUT2D eigenvalue weighted by atomic mass is 32.2. The lowest BCUT2D eigenvalue weighted by atomic mass is 10.2. The lowest BCUT2D eigenvalue weighted by molar-refractivity contribution is 0.250. The van der Waals surface area contributed by atoms with E-state index in [-0.39, 0.29) is 18.4 Å². The first-order valence-corrected chi connectivity index (χ1v) is 7.99. The summed E-state index contributed by atoms with van der Waals surface area (Å²) in [7, 11) is -3.35. The van der Waals surface area contributed by atoms with Gasteiger partial charge in [0.15, 0.2) is 0 Å². The van der Waals surface area contributed by atoms with Gasteiger partial charge in [-0.25, -0.2) is 8.42 Å². The van der Waals surface area contributed by atoms with Gasteiger partial charge in [-0.05, 0) is 18.5 Å². The molecule has 1 aliphatic rings. The molecule has 19 heavy (non-hydrogen) atoms. The Bertz CT molecular complexity index is 484. The molecule has 1 fully saturated rings. The molecule has 1 saturated heterocycles. The maximum atomic E-state index is 12.5. The van der Waals surface area contributed by atoms with E-state index < -0.39 is 10.0 Å². The topological polar surface area (TPSA) is 69.6 Å². The zero-order valence-electron chi connectivity index (χ0n) is 10.8. The summed E-state index contributed by atoms with van der Waals surface area (Å²) in [6.07, 6.45) is 0.638. The van der Waals surface area contributed by atoms with Crippen molar-refractivity contribution in [3.05, 3.63) is 35.9 Å². The Balaban J connectivity index is 2.15. The fraction of sp³-hybridized carbons (Fsp3) is 0.538. The normalized spacial score (nSPS) is 20.0. The highest BCUT2D eigenvalue weighted by molar-refractivity contribution is 7.89. The van der Waals surface area contributed by atoms with Gasteiger partial charge in [0.05, 0.1) is 11.9 Å². The van der Waals surface area contributed by atoms with Crippen LogP contribution >= 0.6 is 0 Å². The van der Waals surface area contributed by atoms with Crippen LogP contribution in [0.2, 0.25) is 0 Å². The number of aliphatic hydroxyl groups excluding tert-OH is 1. The smallest absolute Gasteiger partial charge is 0.218 e. The Morgan fingerprint density at radius 3 is 2.63 bits per heavy atom. The first-order chi connectivity index (χ1) is 9.14. The average Bonchev–Trinajstić information content (AvgIpc) is 2.94. The van der Waals surface area contributed by atoms with Crippen molar-refractivity contribution >= 4 is 10.0 Å². The maximum absolute atomic E-state index is 12.5. The first kappa shape index (κ1) is 14.5. The van der Waals surface area contributed by atoms with E-state index in [4.69, 9.17) is 5.11 Å². The minimum absolute atomic E-state index is 0.147. The highest BCUT2D eigenvalue weighted by Gasteiger charge is 2.33. The Morgan fingerprint density at radius 1 is 1.32 bits per heavy atom. The van der Waals surface area contributed by atoms with Crippen LogP contribution in [0.3, 0.4) is 0 Å². The van der Waals surface area contributed by atoms with Gasteiger partial charge < -0.3 is 10.4 Å². The summed E-state index contributed by atoms with van der Waals surface area (Å²) < 4.78 is 26.4. The summed E-state index contributed by atoms with van der Waals surface area (Å²) in [6, 6.07) is 9.46. The van der Waals surface area contributed by atoms with Crippen LogP contribution in [0.15, 0.2) is 30.3 Å². The summed E-state index contributed by atoms with van der Waals surface area (Å²) in [5.74, 6) is 0. The number of nitrogens with one attached hydrogen (secondary N) is 1. The monoisotopic (exact) mass is 284 g/mol. The number of rotatable bonds is 6. The van der Waals surface area contributed by atoms with E-state index in [1.54, 1.807) is 0 Å². The van der Waals surface area contributed by atoms with Gasteiger partial charge >= 0.3 is 0 Å². The predicted molar refractivity (Wildman–Crippen MR) is 74.1 cm³/mol. The number of aliphatic hydroxyl groups is 1. The molecule has 1 aromatic carbocycles. The van der Waals surface area contributed by atoms with Crippen molar-refractivity contribution in [2.75, 3.05) is 26.2 Å². The van der Waals surface area contributed by atoms with Gasteiger partial charge in [0, 0.05) is 19.6 Å². The van der Waals surface area contributed by atoms with Crippen molar-refractivity contribution in [3.8, 4) is 0 Å². The van der Waals surface area contributed by atoms with Crippen LogP contribution in [0.4, 0.5) is 0 Å². The van der Waals surface area contributed by atoms with Crippen molar-refractivity contribution in [1.82, 2.24) is 9.62 Å². The fourth-order valence-corrected chi connectivity index (χ4v) is 4.12. The van der Waals surface area contributed by atoms with Crippen molar-refractivity contribution in [3.63, 3.8) is 0 Å². The molecule has 0 saturated carbocycles. The molecule has 106 valence electrons. The van der Waals surface area contributed by atoms with E-state index in [2.05, 4.69) is 5.32 Å². The van der Waals surface area contributed by atoms with Crippen LogP contribution in [0.25, 0.3) is 0 Å². The van der Waals surface area contributed by atoms with E-state index in [0.717, 1.165) is 12.1 Å². The minimum Gasteiger partial charge on any atom is -0.395 e. The van der Waals surface area contributed by atoms with Crippen molar-refractivity contribution in [1.29, 1.82) is 0 Å². The van der Waals surface area contributed by atoms with E-state index in [9.17, 15) is 8.42 Å². The Hall–Kier alpha value is -0.950. The molecule has 1 aliphatic heterocycles. The second kappa shape index (κ2) is 6.47. The molecular weight excluding hydrogens is 264 g/mol. The molecule has 0 bridgehead atoms. The quantitative estimate of drug-likeness (QED) is 0.781. The average molecular weight is 284 g/mol. The molecule has 6 heteroatoms. The molecule has 5 nitrogen and oxygen atoms in total. The summed E-state index contributed by atoms with van der Waals surface area (Å²) >= 11 is 0. The third-order valence-electron chi connectivity index (χ3n) is 3.35. The molecule has 0 aliphatic carbocycles. The molecule has 1 aromatic rings. The van der Waals surface area contributed by atoms with Gasteiger partial charge in [-0.3, -0.25) is 0 Å². The molecule has 0 radical (unpaired) electrons. The number of hydrogen-bond acceptors (Lipinski definition) is 4. The Kier molecular flexibility index (Phi) is 4.93. The van der Waals surface area contributed by atoms with Crippen molar-refractivity contribution in [2.45, 2.75) is 18.2 Å². The predicted octanol–water partition coefficient (Wildman–Crippen LogP) is 0.173.